The van der Waals surface area contributed by atoms with Crippen LogP contribution < -0.4 is 10.2 Å². The number of benzene rings is 2. The van der Waals surface area contributed by atoms with Crippen LogP contribution in [-0.2, 0) is 14.3 Å². The lowest BCUT2D eigenvalue weighted by atomic mass is 10.2. The number of nitrogens with one attached hydrogen (secondary N) is 1. The van der Waals surface area contributed by atoms with E-state index in [0.717, 1.165) is 24.2 Å². The molecule has 1 aromatic heterocycles. The molecule has 1 atom stereocenters. The van der Waals surface area contributed by atoms with Crippen LogP contribution in [0, 0.1) is 0 Å². The van der Waals surface area contributed by atoms with E-state index in [9.17, 15) is 9.59 Å². The largest absolute Gasteiger partial charge is 0.448 e. The first kappa shape index (κ1) is 19.8. The highest BCUT2D eigenvalue weighted by Crippen LogP contribution is 2.19. The Bertz CT molecular complexity index is 1050. The van der Waals surface area contributed by atoms with Crippen molar-refractivity contribution in [3.05, 3.63) is 66.4 Å². The third kappa shape index (κ3) is 4.58. The van der Waals surface area contributed by atoms with Crippen molar-refractivity contribution in [3.63, 3.8) is 0 Å². The minimum absolute atomic E-state index is 0.170. The molecule has 1 aliphatic rings. The highest BCUT2D eigenvalue weighted by atomic mass is 16.5. The third-order valence-electron chi connectivity index (χ3n) is 4.97. The van der Waals surface area contributed by atoms with Gasteiger partial charge in [-0.25, -0.2) is 9.78 Å². The summed E-state index contributed by atoms with van der Waals surface area (Å²) in [5.41, 5.74) is 2.59. The molecular weight excluding hydrogens is 382 g/mol. The van der Waals surface area contributed by atoms with Crippen LogP contribution in [0.25, 0.3) is 10.9 Å². The molecule has 1 saturated heterocycles. The van der Waals surface area contributed by atoms with E-state index in [-0.39, 0.29) is 5.69 Å². The van der Waals surface area contributed by atoms with Crippen LogP contribution in [-0.4, -0.2) is 49.3 Å². The van der Waals surface area contributed by atoms with Gasteiger partial charge in [-0.1, -0.05) is 24.3 Å². The monoisotopic (exact) mass is 405 g/mol. The van der Waals surface area contributed by atoms with Gasteiger partial charge in [0.05, 0.1) is 18.7 Å². The molecule has 30 heavy (non-hydrogen) atoms. The van der Waals surface area contributed by atoms with E-state index in [0.29, 0.717) is 24.4 Å². The van der Waals surface area contributed by atoms with Gasteiger partial charge in [-0.3, -0.25) is 4.79 Å². The lowest BCUT2D eigenvalue weighted by molar-refractivity contribution is -0.123. The van der Waals surface area contributed by atoms with Crippen LogP contribution in [0.3, 0.4) is 0 Å². The molecule has 3 aromatic rings. The maximum Gasteiger partial charge on any atom is 0.357 e. The Morgan fingerprint density at radius 2 is 1.77 bits per heavy atom. The van der Waals surface area contributed by atoms with Gasteiger partial charge in [0.25, 0.3) is 5.91 Å². The van der Waals surface area contributed by atoms with Crippen LogP contribution >= 0.6 is 0 Å². The lowest BCUT2D eigenvalue weighted by Gasteiger charge is -2.28. The summed E-state index contributed by atoms with van der Waals surface area (Å²) in [6.07, 6.45) is -0.954. The van der Waals surface area contributed by atoms with Crippen molar-refractivity contribution < 1.29 is 19.1 Å². The number of carbonyl (C=O) groups is 2. The summed E-state index contributed by atoms with van der Waals surface area (Å²) in [4.78, 5) is 31.4. The topological polar surface area (TPSA) is 80.8 Å². The maximum atomic E-state index is 12.4. The molecule has 0 aliphatic carbocycles. The zero-order chi connectivity index (χ0) is 20.9. The first-order valence-electron chi connectivity index (χ1n) is 9.90. The first-order chi connectivity index (χ1) is 14.6. The number of carbonyl (C=O) groups excluding carboxylic acids is 2. The van der Waals surface area contributed by atoms with Crippen molar-refractivity contribution in [1.29, 1.82) is 0 Å². The molecule has 0 bridgehead atoms. The summed E-state index contributed by atoms with van der Waals surface area (Å²) in [7, 11) is 0. The third-order valence-corrected chi connectivity index (χ3v) is 4.97. The Balaban J connectivity index is 1.35. The molecular formula is C23H23N3O4. The zero-order valence-electron chi connectivity index (χ0n) is 16.7. The van der Waals surface area contributed by atoms with Crippen molar-refractivity contribution in [2.24, 2.45) is 0 Å². The Labute approximate surface area is 174 Å². The van der Waals surface area contributed by atoms with E-state index in [1.54, 1.807) is 12.1 Å². The van der Waals surface area contributed by atoms with Crippen LogP contribution in [0.4, 0.5) is 11.4 Å². The number of fused-ring (bicyclic) bond motifs is 1. The molecule has 0 spiro atoms. The number of hydrogen-bond acceptors (Lipinski definition) is 6. The molecule has 7 heteroatoms. The summed E-state index contributed by atoms with van der Waals surface area (Å²) >= 11 is 0. The van der Waals surface area contributed by atoms with Crippen LogP contribution in [0.15, 0.2) is 60.7 Å². The minimum atomic E-state index is -0.954. The number of aromatic nitrogens is 1. The summed E-state index contributed by atoms with van der Waals surface area (Å²) in [5.74, 6) is -1.03. The first-order valence-corrected chi connectivity index (χ1v) is 9.90. The number of anilines is 2. The number of amides is 1. The van der Waals surface area contributed by atoms with E-state index in [1.165, 1.54) is 6.92 Å². The second-order valence-electron chi connectivity index (χ2n) is 7.07. The van der Waals surface area contributed by atoms with Crippen LogP contribution in [0.2, 0.25) is 0 Å². The Morgan fingerprint density at radius 3 is 2.53 bits per heavy atom. The summed E-state index contributed by atoms with van der Waals surface area (Å²) in [5, 5.41) is 3.71. The van der Waals surface area contributed by atoms with Crippen molar-refractivity contribution in [3.8, 4) is 0 Å². The summed E-state index contributed by atoms with van der Waals surface area (Å²) in [6, 6.07) is 18.5. The maximum absolute atomic E-state index is 12.4. The number of rotatable bonds is 5. The molecule has 2 aromatic carbocycles. The fraction of sp³-hybridized carbons (Fsp3) is 0.261. The van der Waals surface area contributed by atoms with E-state index in [4.69, 9.17) is 9.47 Å². The standard InChI is InChI=1S/C23H23N3O4/c1-16(30-23(28)21-11-6-17-4-2-3-5-20(17)25-21)22(27)24-18-7-9-19(10-8-18)26-12-14-29-15-13-26/h2-11,16H,12-15H2,1H3,(H,24,27)/t16-/m0/s1. The second kappa shape index (κ2) is 8.92. The van der Waals surface area contributed by atoms with Gasteiger partial charge in [-0.2, -0.15) is 0 Å². The average Bonchev–Trinajstić information content (AvgIpc) is 2.79. The van der Waals surface area contributed by atoms with E-state index < -0.39 is 18.0 Å². The van der Waals surface area contributed by atoms with Crippen molar-refractivity contribution in [2.45, 2.75) is 13.0 Å². The quantitative estimate of drug-likeness (QED) is 0.657. The minimum Gasteiger partial charge on any atom is -0.448 e. The molecule has 154 valence electrons. The molecule has 2 heterocycles. The van der Waals surface area contributed by atoms with Gasteiger partial charge in [-0.05, 0) is 43.3 Å². The molecule has 1 N–H and O–H groups in total. The predicted octanol–water partition coefficient (Wildman–Crippen LogP) is 3.26. The highest BCUT2D eigenvalue weighted by Gasteiger charge is 2.20. The van der Waals surface area contributed by atoms with Gasteiger partial charge in [0.1, 0.15) is 5.69 Å². The van der Waals surface area contributed by atoms with E-state index in [1.807, 2.05) is 48.5 Å². The average molecular weight is 405 g/mol. The van der Waals surface area contributed by atoms with Crippen molar-refractivity contribution >= 4 is 34.2 Å². The van der Waals surface area contributed by atoms with Crippen LogP contribution in [0.5, 0.6) is 0 Å². The number of para-hydroxylation sites is 1. The number of hydrogen-bond donors (Lipinski definition) is 1. The van der Waals surface area contributed by atoms with Gasteiger partial charge in [-0.15, -0.1) is 0 Å². The molecule has 1 fully saturated rings. The molecule has 0 saturated carbocycles. The van der Waals surface area contributed by atoms with Gasteiger partial charge in [0.2, 0.25) is 0 Å². The number of ether oxygens (including phenoxy) is 2. The van der Waals surface area contributed by atoms with Gasteiger partial charge >= 0.3 is 5.97 Å². The van der Waals surface area contributed by atoms with E-state index in [2.05, 4.69) is 15.2 Å². The van der Waals surface area contributed by atoms with Gasteiger partial charge < -0.3 is 19.7 Å². The molecule has 1 amide bonds. The predicted molar refractivity (Wildman–Crippen MR) is 115 cm³/mol. The number of pyridine rings is 1. The van der Waals surface area contributed by atoms with Gasteiger partial charge in [0.15, 0.2) is 6.10 Å². The summed E-state index contributed by atoms with van der Waals surface area (Å²) in [6.45, 7) is 4.67. The second-order valence-corrected chi connectivity index (χ2v) is 7.07. The summed E-state index contributed by atoms with van der Waals surface area (Å²) < 4.78 is 10.7. The van der Waals surface area contributed by atoms with Gasteiger partial charge in [0, 0.05) is 29.9 Å². The molecule has 0 unspecified atom stereocenters. The molecule has 1 aliphatic heterocycles. The highest BCUT2D eigenvalue weighted by molar-refractivity contribution is 5.97. The normalized spacial score (nSPS) is 14.9. The fourth-order valence-electron chi connectivity index (χ4n) is 3.28. The Hall–Kier alpha value is -3.45. The van der Waals surface area contributed by atoms with Crippen molar-refractivity contribution in [1.82, 2.24) is 4.98 Å². The molecule has 7 nitrogen and oxygen atoms in total. The molecule has 4 rings (SSSR count). The Morgan fingerprint density at radius 1 is 1.03 bits per heavy atom. The van der Waals surface area contributed by atoms with E-state index >= 15 is 0 Å². The van der Waals surface area contributed by atoms with Crippen molar-refractivity contribution in [2.75, 3.05) is 36.5 Å². The SMILES string of the molecule is C[C@H](OC(=O)c1ccc2ccccc2n1)C(=O)Nc1ccc(N2CCOCC2)cc1. The lowest BCUT2D eigenvalue weighted by Crippen LogP contribution is -2.36. The Kier molecular flexibility index (Phi) is 5.90. The zero-order valence-corrected chi connectivity index (χ0v) is 16.7. The number of esters is 1. The number of morpholine rings is 1. The molecule has 0 radical (unpaired) electrons. The van der Waals surface area contributed by atoms with Crippen LogP contribution in [0.1, 0.15) is 17.4 Å². The smallest absolute Gasteiger partial charge is 0.357 e. The number of nitrogens with zero attached hydrogens (tertiary/aromatic N) is 2. The fourth-order valence-corrected chi connectivity index (χ4v) is 3.28.